The average molecular weight is 300 g/mol. The van der Waals surface area contributed by atoms with E-state index in [1.54, 1.807) is 24.3 Å². The van der Waals surface area contributed by atoms with Gasteiger partial charge in [-0.1, -0.05) is 30.3 Å². The lowest BCUT2D eigenvalue weighted by molar-refractivity contribution is -0.114. The van der Waals surface area contributed by atoms with Crippen LogP contribution in [0.1, 0.15) is 12.5 Å². The second kappa shape index (κ2) is 7.80. The molecule has 0 saturated carbocycles. The fourth-order valence-electron chi connectivity index (χ4n) is 1.69. The van der Waals surface area contributed by atoms with Crippen LogP contribution in [0.15, 0.2) is 54.6 Å². The van der Waals surface area contributed by atoms with Gasteiger partial charge in [0.05, 0.1) is 6.61 Å². The van der Waals surface area contributed by atoms with Crippen LogP contribution >= 0.6 is 0 Å². The Balaban J connectivity index is 1.75. The number of nitrogens with one attached hydrogen (secondary N) is 2. The number of amides is 2. The summed E-state index contributed by atoms with van der Waals surface area (Å²) in [5.41, 5.74) is 3.75. The van der Waals surface area contributed by atoms with Crippen LogP contribution < -0.4 is 15.5 Å². The summed E-state index contributed by atoms with van der Waals surface area (Å²) in [4.78, 5) is 27.5. The van der Waals surface area contributed by atoms with Gasteiger partial charge in [-0.15, -0.1) is 0 Å². The number of rotatable bonds is 5. The largest absolute Gasteiger partial charge is 0.436 e. The van der Waals surface area contributed by atoms with Crippen molar-refractivity contribution in [3.63, 3.8) is 0 Å². The zero-order chi connectivity index (χ0) is 15.8. The monoisotopic (exact) mass is 300 g/mol. The predicted octanol–water partition coefficient (Wildman–Crippen LogP) is 2.87. The quantitative estimate of drug-likeness (QED) is 0.832. The lowest BCUT2D eigenvalue weighted by Crippen LogP contribution is -2.26. The summed E-state index contributed by atoms with van der Waals surface area (Å²) in [6.07, 6.45) is -0.719. The molecule has 0 aliphatic carbocycles. The molecule has 114 valence electrons. The summed E-state index contributed by atoms with van der Waals surface area (Å²) in [5.74, 6) is 0.177. The first-order valence-electron chi connectivity index (χ1n) is 6.64. The minimum Gasteiger partial charge on any atom is -0.409 e. The maximum absolute atomic E-state index is 11.5. The number of benzene rings is 2. The van der Waals surface area contributed by atoms with E-state index in [4.69, 9.17) is 9.57 Å². The van der Waals surface area contributed by atoms with Gasteiger partial charge in [0.1, 0.15) is 5.75 Å². The van der Waals surface area contributed by atoms with Gasteiger partial charge in [0.25, 0.3) is 0 Å². The second-order valence-corrected chi connectivity index (χ2v) is 4.47. The molecule has 0 aromatic heterocycles. The molecule has 0 saturated heterocycles. The van der Waals surface area contributed by atoms with Gasteiger partial charge < -0.3 is 10.1 Å². The zero-order valence-electron chi connectivity index (χ0n) is 12.0. The van der Waals surface area contributed by atoms with Crippen LogP contribution in [0.4, 0.5) is 10.5 Å². The smallest absolute Gasteiger partial charge is 0.409 e. The third-order valence-corrected chi connectivity index (χ3v) is 2.62. The normalized spacial score (nSPS) is 9.86. The fourth-order valence-corrected chi connectivity index (χ4v) is 1.69. The Bertz CT molecular complexity index is 626. The average Bonchev–Trinajstić information content (AvgIpc) is 2.50. The Hall–Kier alpha value is -2.86. The van der Waals surface area contributed by atoms with Crippen molar-refractivity contribution in [3.8, 4) is 5.75 Å². The summed E-state index contributed by atoms with van der Waals surface area (Å²) >= 11 is 0. The van der Waals surface area contributed by atoms with Crippen molar-refractivity contribution in [1.82, 2.24) is 5.48 Å². The molecule has 6 nitrogen and oxygen atoms in total. The van der Waals surface area contributed by atoms with Gasteiger partial charge in [0.2, 0.25) is 5.91 Å². The molecule has 0 unspecified atom stereocenters. The van der Waals surface area contributed by atoms with Gasteiger partial charge in [-0.3, -0.25) is 9.63 Å². The van der Waals surface area contributed by atoms with Crippen molar-refractivity contribution in [2.45, 2.75) is 13.5 Å². The van der Waals surface area contributed by atoms with Crippen LogP contribution in [0.25, 0.3) is 0 Å². The molecule has 22 heavy (non-hydrogen) atoms. The third-order valence-electron chi connectivity index (χ3n) is 2.62. The molecule has 0 fully saturated rings. The Kier molecular flexibility index (Phi) is 5.50. The molecule has 0 atom stereocenters. The SMILES string of the molecule is CC(=O)Nc1ccc(OC(=O)NOCc2ccccc2)cc1. The minimum atomic E-state index is -0.719. The van der Waals surface area contributed by atoms with Crippen molar-refractivity contribution in [3.05, 3.63) is 60.2 Å². The van der Waals surface area contributed by atoms with Crippen LogP contribution in [-0.2, 0) is 16.2 Å². The fraction of sp³-hybridized carbons (Fsp3) is 0.125. The lowest BCUT2D eigenvalue weighted by Gasteiger charge is -2.08. The van der Waals surface area contributed by atoms with Crippen molar-refractivity contribution in [2.24, 2.45) is 0 Å². The van der Waals surface area contributed by atoms with Crippen molar-refractivity contribution in [2.75, 3.05) is 5.32 Å². The number of hydrogen-bond donors (Lipinski definition) is 2. The molecule has 0 bridgehead atoms. The van der Waals surface area contributed by atoms with Gasteiger partial charge in [0, 0.05) is 12.6 Å². The van der Waals surface area contributed by atoms with Gasteiger partial charge in [-0.2, -0.15) is 5.48 Å². The van der Waals surface area contributed by atoms with E-state index in [9.17, 15) is 9.59 Å². The number of carbonyl (C=O) groups is 2. The highest BCUT2D eigenvalue weighted by Crippen LogP contribution is 2.15. The second-order valence-electron chi connectivity index (χ2n) is 4.47. The van der Waals surface area contributed by atoms with Gasteiger partial charge in [-0.05, 0) is 29.8 Å². The summed E-state index contributed by atoms with van der Waals surface area (Å²) < 4.78 is 5.02. The van der Waals surface area contributed by atoms with E-state index >= 15 is 0 Å². The first kappa shape index (κ1) is 15.5. The number of hydrogen-bond acceptors (Lipinski definition) is 4. The number of carbonyl (C=O) groups excluding carboxylic acids is 2. The lowest BCUT2D eigenvalue weighted by atomic mass is 10.2. The summed E-state index contributed by atoms with van der Waals surface area (Å²) in [6.45, 7) is 1.67. The zero-order valence-corrected chi connectivity index (χ0v) is 12.0. The van der Waals surface area contributed by atoms with Crippen molar-refractivity contribution < 1.29 is 19.2 Å². The van der Waals surface area contributed by atoms with Gasteiger partial charge in [-0.25, -0.2) is 4.79 Å². The molecule has 0 heterocycles. The van der Waals surface area contributed by atoms with Gasteiger partial charge >= 0.3 is 6.09 Å². The molecule has 2 aromatic carbocycles. The Labute approximate surface area is 128 Å². The van der Waals surface area contributed by atoms with E-state index in [0.717, 1.165) is 5.56 Å². The maximum Gasteiger partial charge on any atom is 0.436 e. The molecule has 6 heteroatoms. The maximum atomic E-state index is 11.5. The Morgan fingerprint density at radius 1 is 1.00 bits per heavy atom. The Morgan fingerprint density at radius 2 is 1.68 bits per heavy atom. The first-order chi connectivity index (χ1) is 10.6. The Morgan fingerprint density at radius 3 is 2.32 bits per heavy atom. The summed E-state index contributed by atoms with van der Waals surface area (Å²) in [5, 5.41) is 2.62. The highest BCUT2D eigenvalue weighted by Gasteiger charge is 2.05. The molecule has 0 aliphatic heterocycles. The van der Waals surface area contributed by atoms with Crippen molar-refractivity contribution >= 4 is 17.7 Å². The first-order valence-corrected chi connectivity index (χ1v) is 6.64. The van der Waals surface area contributed by atoms with Crippen LogP contribution in [0.5, 0.6) is 5.75 Å². The minimum absolute atomic E-state index is 0.166. The number of anilines is 1. The number of hydroxylamine groups is 1. The van der Waals surface area contributed by atoms with E-state index in [0.29, 0.717) is 11.4 Å². The molecule has 2 rings (SSSR count). The van der Waals surface area contributed by atoms with E-state index in [-0.39, 0.29) is 12.5 Å². The van der Waals surface area contributed by atoms with Gasteiger partial charge in [0.15, 0.2) is 0 Å². The van der Waals surface area contributed by atoms with Crippen molar-refractivity contribution in [1.29, 1.82) is 0 Å². The molecule has 2 amide bonds. The predicted molar refractivity (Wildman–Crippen MR) is 81.1 cm³/mol. The van der Waals surface area contributed by atoms with Crippen LogP contribution in [0.2, 0.25) is 0 Å². The highest BCUT2D eigenvalue weighted by molar-refractivity contribution is 5.88. The summed E-state index contributed by atoms with van der Waals surface area (Å²) in [6, 6.07) is 15.8. The molecule has 0 spiro atoms. The van der Waals surface area contributed by atoms with Crippen LogP contribution in [0, 0.1) is 0 Å². The molecular weight excluding hydrogens is 284 g/mol. The standard InChI is InChI=1S/C16H16N2O4/c1-12(19)17-14-7-9-15(10-8-14)22-16(20)18-21-11-13-5-3-2-4-6-13/h2-10H,11H2,1H3,(H,17,19)(H,18,20). The molecule has 0 radical (unpaired) electrons. The van der Waals surface area contributed by atoms with Crippen LogP contribution in [0.3, 0.4) is 0 Å². The van der Waals surface area contributed by atoms with E-state index in [2.05, 4.69) is 10.8 Å². The van der Waals surface area contributed by atoms with E-state index in [1.807, 2.05) is 30.3 Å². The third kappa shape index (κ3) is 5.26. The van der Waals surface area contributed by atoms with Crippen LogP contribution in [-0.4, -0.2) is 12.0 Å². The topological polar surface area (TPSA) is 76.7 Å². The molecule has 0 aliphatic rings. The number of ether oxygens (including phenoxy) is 1. The van der Waals surface area contributed by atoms with E-state index < -0.39 is 6.09 Å². The molecule has 2 aromatic rings. The molecule has 2 N–H and O–H groups in total. The van der Waals surface area contributed by atoms with E-state index in [1.165, 1.54) is 6.92 Å². The molecular formula is C16H16N2O4. The highest BCUT2D eigenvalue weighted by atomic mass is 16.7. The summed E-state index contributed by atoms with van der Waals surface area (Å²) in [7, 11) is 0.